The predicted octanol–water partition coefficient (Wildman–Crippen LogP) is 4.33. The molecule has 2 aliphatic carbocycles. The number of benzene rings is 2. The maximum atomic E-state index is 13.0. The number of carbonyl (C=O) groups is 3. The van der Waals surface area contributed by atoms with Gasteiger partial charge in [0.15, 0.2) is 0 Å². The Morgan fingerprint density at radius 3 is 1.71 bits per heavy atom. The minimum absolute atomic E-state index is 0.00809. The molecular weight excluding hydrogens is 491 g/mol. The van der Waals surface area contributed by atoms with Crippen LogP contribution in [-0.4, -0.2) is 48.2 Å². The van der Waals surface area contributed by atoms with E-state index >= 15 is 0 Å². The van der Waals surface area contributed by atoms with Crippen molar-refractivity contribution in [2.24, 2.45) is 11.8 Å². The van der Waals surface area contributed by atoms with Crippen LogP contribution in [-0.2, 0) is 9.59 Å². The first-order valence-corrected chi connectivity index (χ1v) is 13.3. The molecule has 4 rings (SSSR count). The summed E-state index contributed by atoms with van der Waals surface area (Å²) in [7, 11) is 0. The van der Waals surface area contributed by atoms with Crippen molar-refractivity contribution in [2.45, 2.75) is 63.6 Å². The third-order valence-corrected chi connectivity index (χ3v) is 7.31. The van der Waals surface area contributed by atoms with Crippen molar-refractivity contribution in [3.63, 3.8) is 0 Å². The van der Waals surface area contributed by atoms with Crippen LogP contribution < -0.4 is 20.1 Å². The van der Waals surface area contributed by atoms with Crippen LogP contribution in [0.5, 0.6) is 11.5 Å². The highest BCUT2D eigenvalue weighted by atomic mass is 19.1. The number of nitrogens with one attached hydrogen (secondary N) is 2. The first-order chi connectivity index (χ1) is 18.4. The number of aliphatic carboxylic acids is 1. The van der Waals surface area contributed by atoms with Crippen LogP contribution in [0.25, 0.3) is 0 Å². The van der Waals surface area contributed by atoms with Crippen molar-refractivity contribution in [1.29, 1.82) is 0 Å². The average molecular weight is 527 g/mol. The van der Waals surface area contributed by atoms with E-state index in [0.29, 0.717) is 55.8 Å². The molecule has 0 atom stereocenters. The first kappa shape index (κ1) is 27.4. The van der Waals surface area contributed by atoms with Gasteiger partial charge in [0.05, 0.1) is 18.1 Å². The van der Waals surface area contributed by atoms with Gasteiger partial charge in [-0.1, -0.05) is 0 Å². The highest BCUT2D eigenvalue weighted by Gasteiger charge is 2.28. The number of carboxylic acid groups (broad SMARTS) is 1. The summed E-state index contributed by atoms with van der Waals surface area (Å²) in [6, 6.07) is 12.8. The number of ether oxygens (including phenoxy) is 2. The van der Waals surface area contributed by atoms with E-state index in [2.05, 4.69) is 10.6 Å². The van der Waals surface area contributed by atoms with E-state index in [4.69, 9.17) is 14.6 Å². The summed E-state index contributed by atoms with van der Waals surface area (Å²) in [5, 5.41) is 14.8. The normalized spacial score (nSPS) is 23.2. The summed E-state index contributed by atoms with van der Waals surface area (Å²) in [5.74, 6) is -0.353. The lowest BCUT2D eigenvalue weighted by molar-refractivity contribution is -0.143. The number of amides is 2. The van der Waals surface area contributed by atoms with Gasteiger partial charge in [0.1, 0.15) is 17.3 Å². The molecule has 2 amide bonds. The molecule has 0 saturated heterocycles. The molecule has 0 aromatic heterocycles. The van der Waals surface area contributed by atoms with Crippen molar-refractivity contribution < 1.29 is 33.4 Å². The Kier molecular flexibility index (Phi) is 9.56. The maximum Gasteiger partial charge on any atom is 0.306 e. The third-order valence-electron chi connectivity index (χ3n) is 7.31. The Morgan fingerprint density at radius 1 is 0.711 bits per heavy atom. The Labute approximate surface area is 221 Å². The molecule has 2 aromatic rings. The number of carboxylic acids is 1. The summed E-state index contributed by atoms with van der Waals surface area (Å²) in [6.45, 7) is 0.662. The molecule has 204 valence electrons. The maximum absolute atomic E-state index is 13.0. The lowest BCUT2D eigenvalue weighted by Crippen LogP contribution is -2.39. The molecule has 0 heterocycles. The topological polar surface area (TPSA) is 114 Å². The standard InChI is InChI=1S/C29H35FN2O6/c30-22-7-15-26(16-8-22)38-24-11-3-20(4-12-24)28(34)32-18-17-31-27(33)19-1-9-23(10-2-19)37-25-13-5-21(6-14-25)29(35)36/h1-2,7-10,15-16,20-21,24-25H,3-6,11-14,17-18H2,(H,31,33)(H,32,34)(H,35,36). The van der Waals surface area contributed by atoms with Crippen molar-refractivity contribution in [3.05, 3.63) is 59.9 Å². The zero-order valence-corrected chi connectivity index (χ0v) is 21.4. The van der Waals surface area contributed by atoms with Crippen LogP contribution in [0.15, 0.2) is 48.5 Å². The zero-order valence-electron chi connectivity index (χ0n) is 21.4. The van der Waals surface area contributed by atoms with Crippen LogP contribution in [0.1, 0.15) is 61.7 Å². The van der Waals surface area contributed by atoms with Gasteiger partial charge in [-0.15, -0.1) is 0 Å². The van der Waals surface area contributed by atoms with Crippen LogP contribution >= 0.6 is 0 Å². The number of rotatable bonds is 10. The monoisotopic (exact) mass is 526 g/mol. The van der Waals surface area contributed by atoms with Crippen molar-refractivity contribution in [2.75, 3.05) is 13.1 Å². The molecule has 0 bridgehead atoms. The molecule has 3 N–H and O–H groups in total. The first-order valence-electron chi connectivity index (χ1n) is 13.3. The molecule has 2 saturated carbocycles. The van der Waals surface area contributed by atoms with E-state index < -0.39 is 5.97 Å². The van der Waals surface area contributed by atoms with Crippen LogP contribution in [0.2, 0.25) is 0 Å². The summed E-state index contributed by atoms with van der Waals surface area (Å²) >= 11 is 0. The molecule has 2 fully saturated rings. The molecule has 0 unspecified atom stereocenters. The van der Waals surface area contributed by atoms with Crippen molar-refractivity contribution in [1.82, 2.24) is 10.6 Å². The second-order valence-electron chi connectivity index (χ2n) is 10.0. The van der Waals surface area contributed by atoms with E-state index in [1.807, 2.05) is 0 Å². The Hall–Kier alpha value is -3.62. The fraction of sp³-hybridized carbons (Fsp3) is 0.483. The number of carbonyl (C=O) groups excluding carboxylic acids is 2. The zero-order chi connectivity index (χ0) is 26.9. The fourth-order valence-corrected chi connectivity index (χ4v) is 5.06. The molecule has 38 heavy (non-hydrogen) atoms. The summed E-state index contributed by atoms with van der Waals surface area (Å²) in [5.41, 5.74) is 0.498. The van der Waals surface area contributed by atoms with E-state index in [1.165, 1.54) is 12.1 Å². The fourth-order valence-electron chi connectivity index (χ4n) is 5.06. The number of hydrogen-bond acceptors (Lipinski definition) is 5. The Bertz CT molecular complexity index is 1080. The second kappa shape index (κ2) is 13.3. The molecular formula is C29H35FN2O6. The lowest BCUT2D eigenvalue weighted by Gasteiger charge is -2.28. The molecule has 8 nitrogen and oxygen atoms in total. The van der Waals surface area contributed by atoms with Gasteiger partial charge in [0.2, 0.25) is 5.91 Å². The molecule has 0 radical (unpaired) electrons. The SMILES string of the molecule is O=C(NCCNC(=O)C1CCC(Oc2ccc(F)cc2)CC1)c1ccc(OC2CCC(C(=O)O)CC2)cc1. The Morgan fingerprint density at radius 2 is 1.18 bits per heavy atom. The number of halogens is 1. The van der Waals surface area contributed by atoms with Crippen LogP contribution in [0.3, 0.4) is 0 Å². The van der Waals surface area contributed by atoms with Gasteiger partial charge in [0, 0.05) is 24.6 Å². The van der Waals surface area contributed by atoms with E-state index in [1.54, 1.807) is 36.4 Å². The molecule has 2 aliphatic rings. The molecule has 2 aromatic carbocycles. The van der Waals surface area contributed by atoms with Gasteiger partial charge in [0.25, 0.3) is 5.91 Å². The number of hydrogen-bond donors (Lipinski definition) is 3. The van der Waals surface area contributed by atoms with E-state index in [-0.39, 0.29) is 41.7 Å². The molecule has 9 heteroatoms. The van der Waals surface area contributed by atoms with Gasteiger partial charge in [-0.2, -0.15) is 0 Å². The molecule has 0 spiro atoms. The van der Waals surface area contributed by atoms with Gasteiger partial charge in [-0.25, -0.2) is 4.39 Å². The van der Waals surface area contributed by atoms with Crippen molar-refractivity contribution in [3.8, 4) is 11.5 Å². The van der Waals surface area contributed by atoms with Crippen LogP contribution in [0.4, 0.5) is 4.39 Å². The minimum Gasteiger partial charge on any atom is -0.490 e. The summed E-state index contributed by atoms with van der Waals surface area (Å²) < 4.78 is 24.9. The quantitative estimate of drug-likeness (QED) is 0.397. The minimum atomic E-state index is -0.740. The highest BCUT2D eigenvalue weighted by molar-refractivity contribution is 5.94. The summed E-state index contributed by atoms with van der Waals surface area (Å²) in [6.07, 6.45) is 5.61. The van der Waals surface area contributed by atoms with E-state index in [9.17, 15) is 18.8 Å². The van der Waals surface area contributed by atoms with Crippen LogP contribution in [0, 0.1) is 17.7 Å². The average Bonchev–Trinajstić information content (AvgIpc) is 2.93. The third kappa shape index (κ3) is 7.94. The second-order valence-corrected chi connectivity index (χ2v) is 10.0. The van der Waals surface area contributed by atoms with Gasteiger partial charge in [-0.05, 0) is 99.9 Å². The van der Waals surface area contributed by atoms with Gasteiger partial charge < -0.3 is 25.2 Å². The smallest absolute Gasteiger partial charge is 0.306 e. The highest BCUT2D eigenvalue weighted by Crippen LogP contribution is 2.29. The van der Waals surface area contributed by atoms with E-state index in [0.717, 1.165) is 25.7 Å². The summed E-state index contributed by atoms with van der Waals surface area (Å²) in [4.78, 5) is 36.0. The molecule has 0 aliphatic heterocycles. The van der Waals surface area contributed by atoms with Crippen molar-refractivity contribution >= 4 is 17.8 Å². The Balaban J connectivity index is 1.10. The lowest BCUT2D eigenvalue weighted by atomic mass is 9.86. The van der Waals surface area contributed by atoms with Gasteiger partial charge in [-0.3, -0.25) is 14.4 Å². The largest absolute Gasteiger partial charge is 0.490 e. The van der Waals surface area contributed by atoms with Gasteiger partial charge >= 0.3 is 5.97 Å². The predicted molar refractivity (Wildman–Crippen MR) is 139 cm³/mol.